The van der Waals surface area contributed by atoms with Gasteiger partial charge in [0.1, 0.15) is 16.9 Å². The van der Waals surface area contributed by atoms with Gasteiger partial charge in [0.15, 0.2) is 0 Å². The van der Waals surface area contributed by atoms with E-state index in [1.165, 1.54) is 12.1 Å². The molecule has 0 amide bonds. The average molecular weight is 495 g/mol. The third-order valence-corrected chi connectivity index (χ3v) is 6.35. The zero-order valence-electron chi connectivity index (χ0n) is 17.1. The fraction of sp³-hybridized carbons (Fsp3) is 0.240. The van der Waals surface area contributed by atoms with Crippen LogP contribution in [0.5, 0.6) is 5.75 Å². The molecule has 7 heteroatoms. The second-order valence-electron chi connectivity index (χ2n) is 8.02. The van der Waals surface area contributed by atoms with Crippen LogP contribution in [-0.2, 0) is 4.79 Å². The smallest absolute Gasteiger partial charge is 0.344 e. The summed E-state index contributed by atoms with van der Waals surface area (Å²) in [5.74, 6) is -0.0505. The lowest BCUT2D eigenvalue weighted by atomic mass is 9.89. The van der Waals surface area contributed by atoms with Gasteiger partial charge in [0.05, 0.1) is 11.5 Å². The van der Waals surface area contributed by atoms with Crippen molar-refractivity contribution in [2.45, 2.75) is 32.1 Å². The number of halogens is 1. The van der Waals surface area contributed by atoms with Crippen LogP contribution in [0.15, 0.2) is 71.4 Å². The minimum atomic E-state index is -0.614. The van der Waals surface area contributed by atoms with Gasteiger partial charge in [0.25, 0.3) is 0 Å². The van der Waals surface area contributed by atoms with Crippen molar-refractivity contribution < 1.29 is 18.4 Å². The first kappa shape index (κ1) is 20.7. The summed E-state index contributed by atoms with van der Waals surface area (Å²) in [4.78, 5) is 37.4. The van der Waals surface area contributed by atoms with Gasteiger partial charge in [-0.15, -0.1) is 0 Å². The Morgan fingerprint density at radius 2 is 1.69 bits per heavy atom. The number of carbonyl (C=O) groups is 1. The Kier molecular flexibility index (Phi) is 5.43. The highest BCUT2D eigenvalue weighted by Gasteiger charge is 2.23. The van der Waals surface area contributed by atoms with E-state index in [0.29, 0.717) is 27.7 Å². The van der Waals surface area contributed by atoms with Gasteiger partial charge in [-0.05, 0) is 49.2 Å². The lowest BCUT2D eigenvalue weighted by Gasteiger charge is -2.19. The van der Waals surface area contributed by atoms with E-state index in [2.05, 4.69) is 15.9 Å². The fourth-order valence-electron chi connectivity index (χ4n) is 4.25. The van der Waals surface area contributed by atoms with Crippen LogP contribution in [0.4, 0.5) is 0 Å². The first-order chi connectivity index (χ1) is 15.5. The van der Waals surface area contributed by atoms with Gasteiger partial charge >= 0.3 is 17.2 Å². The second kappa shape index (κ2) is 8.39. The third kappa shape index (κ3) is 4.00. The van der Waals surface area contributed by atoms with Crippen LogP contribution in [0.2, 0.25) is 0 Å². The second-order valence-corrected chi connectivity index (χ2v) is 8.94. The van der Waals surface area contributed by atoms with Gasteiger partial charge in [-0.1, -0.05) is 35.2 Å². The summed E-state index contributed by atoms with van der Waals surface area (Å²) < 4.78 is 17.2. The molecule has 32 heavy (non-hydrogen) atoms. The van der Waals surface area contributed by atoms with Gasteiger partial charge in [-0.3, -0.25) is 4.79 Å². The number of benzene rings is 2. The minimum absolute atomic E-state index is 0.0978. The molecule has 1 aliphatic rings. The summed E-state index contributed by atoms with van der Waals surface area (Å²) in [6, 6.07) is 13.1. The van der Waals surface area contributed by atoms with Gasteiger partial charge in [0.2, 0.25) is 0 Å². The molecule has 2 aromatic carbocycles. The maximum absolute atomic E-state index is 12.7. The molecule has 2 aromatic heterocycles. The Labute approximate surface area is 190 Å². The van der Waals surface area contributed by atoms with Crippen LogP contribution in [-0.4, -0.2) is 5.97 Å². The summed E-state index contributed by atoms with van der Waals surface area (Å²) in [7, 11) is 0. The van der Waals surface area contributed by atoms with Crippen LogP contribution < -0.4 is 16.0 Å². The number of fused-ring (bicyclic) bond motifs is 2. The van der Waals surface area contributed by atoms with E-state index in [0.717, 1.165) is 36.6 Å². The highest BCUT2D eigenvalue weighted by atomic mass is 79.9. The molecule has 1 fully saturated rings. The van der Waals surface area contributed by atoms with Gasteiger partial charge in [-0.25, -0.2) is 9.59 Å². The van der Waals surface area contributed by atoms with Gasteiger partial charge in [-0.2, -0.15) is 0 Å². The normalized spacial score (nSPS) is 14.7. The Morgan fingerprint density at radius 1 is 0.875 bits per heavy atom. The molecule has 0 radical (unpaired) electrons. The van der Waals surface area contributed by atoms with Crippen molar-refractivity contribution in [1.29, 1.82) is 0 Å². The molecule has 0 atom stereocenters. The van der Waals surface area contributed by atoms with E-state index in [9.17, 15) is 14.4 Å². The molecule has 2 heterocycles. The standard InChI is InChI=1S/C25H19BrO6/c26-16-6-9-21-15(10-16)11-20(25(29)32-21)19-13-23(27)31-22-12-17(7-8-18(19)22)30-24(28)14-4-2-1-3-5-14/h6-14H,1-5H2. The van der Waals surface area contributed by atoms with Crippen molar-refractivity contribution in [2.24, 2.45) is 5.92 Å². The predicted octanol–water partition coefficient (Wildman–Crippen LogP) is 5.81. The summed E-state index contributed by atoms with van der Waals surface area (Å²) in [6.07, 6.45) is 4.87. The highest BCUT2D eigenvalue weighted by molar-refractivity contribution is 9.10. The third-order valence-electron chi connectivity index (χ3n) is 5.86. The summed E-state index contributed by atoms with van der Waals surface area (Å²) in [5, 5.41) is 1.26. The maximum atomic E-state index is 12.7. The lowest BCUT2D eigenvalue weighted by molar-refractivity contribution is -0.139. The first-order valence-electron chi connectivity index (χ1n) is 10.5. The van der Waals surface area contributed by atoms with Gasteiger partial charge < -0.3 is 13.6 Å². The van der Waals surface area contributed by atoms with Crippen LogP contribution in [0, 0.1) is 5.92 Å². The van der Waals surface area contributed by atoms with Crippen LogP contribution in [0.1, 0.15) is 32.1 Å². The molecule has 6 nitrogen and oxygen atoms in total. The van der Waals surface area contributed by atoms with Crippen molar-refractivity contribution in [2.75, 3.05) is 0 Å². The van der Waals surface area contributed by atoms with E-state index in [-0.39, 0.29) is 23.0 Å². The SMILES string of the molecule is O=C(Oc1ccc2c(-c3cc4cc(Br)ccc4oc3=O)cc(=O)oc2c1)C1CCCCC1. The van der Waals surface area contributed by atoms with Crippen molar-refractivity contribution in [1.82, 2.24) is 0 Å². The topological polar surface area (TPSA) is 86.7 Å². The number of hydrogen-bond acceptors (Lipinski definition) is 6. The molecular formula is C25H19BrO6. The summed E-state index contributed by atoms with van der Waals surface area (Å²) >= 11 is 3.41. The molecule has 1 saturated carbocycles. The Balaban J connectivity index is 1.57. The van der Waals surface area contributed by atoms with Crippen LogP contribution >= 0.6 is 15.9 Å². The highest BCUT2D eigenvalue weighted by Crippen LogP contribution is 2.31. The van der Waals surface area contributed by atoms with Crippen LogP contribution in [0.25, 0.3) is 33.1 Å². The Morgan fingerprint density at radius 3 is 2.50 bits per heavy atom. The monoisotopic (exact) mass is 494 g/mol. The van der Waals surface area contributed by atoms with Crippen molar-refractivity contribution in [3.63, 3.8) is 0 Å². The zero-order chi connectivity index (χ0) is 22.2. The summed E-state index contributed by atoms with van der Waals surface area (Å²) in [6.45, 7) is 0. The molecule has 0 unspecified atom stereocenters. The molecule has 162 valence electrons. The number of esters is 1. The van der Waals surface area contributed by atoms with E-state index >= 15 is 0 Å². The quantitative estimate of drug-likeness (QED) is 0.202. The van der Waals surface area contributed by atoms with Gasteiger partial charge in [0, 0.05) is 32.9 Å². The number of rotatable bonds is 3. The zero-order valence-corrected chi connectivity index (χ0v) is 18.6. The first-order valence-corrected chi connectivity index (χ1v) is 11.3. The number of carbonyl (C=O) groups excluding carboxylic acids is 1. The van der Waals surface area contributed by atoms with Crippen molar-refractivity contribution in [3.8, 4) is 16.9 Å². The molecule has 5 rings (SSSR count). The van der Waals surface area contributed by atoms with Crippen LogP contribution in [0.3, 0.4) is 0 Å². The molecule has 0 N–H and O–H groups in total. The fourth-order valence-corrected chi connectivity index (χ4v) is 4.63. The number of hydrogen-bond donors (Lipinski definition) is 0. The molecule has 0 bridgehead atoms. The molecule has 0 saturated heterocycles. The molecule has 0 spiro atoms. The van der Waals surface area contributed by atoms with E-state index in [1.54, 1.807) is 30.3 Å². The summed E-state index contributed by atoms with van der Waals surface area (Å²) in [5.41, 5.74) is 0.162. The molecule has 4 aromatic rings. The Hall–Kier alpha value is -3.19. The molecule has 0 aliphatic heterocycles. The predicted molar refractivity (Wildman–Crippen MR) is 124 cm³/mol. The van der Waals surface area contributed by atoms with E-state index in [1.807, 2.05) is 6.07 Å². The molecular weight excluding hydrogens is 476 g/mol. The van der Waals surface area contributed by atoms with Crippen molar-refractivity contribution >= 4 is 43.8 Å². The maximum Gasteiger partial charge on any atom is 0.344 e. The lowest BCUT2D eigenvalue weighted by Crippen LogP contribution is -2.22. The number of ether oxygens (including phenoxy) is 1. The average Bonchev–Trinajstić information content (AvgIpc) is 2.78. The largest absolute Gasteiger partial charge is 0.426 e. The minimum Gasteiger partial charge on any atom is -0.426 e. The van der Waals surface area contributed by atoms with E-state index < -0.39 is 11.3 Å². The molecule has 1 aliphatic carbocycles. The van der Waals surface area contributed by atoms with E-state index in [4.69, 9.17) is 13.6 Å². The Bertz CT molecular complexity index is 1460. The van der Waals surface area contributed by atoms with Crippen molar-refractivity contribution in [3.05, 3.63) is 73.8 Å².